The largest absolute Gasteiger partial charge is 0.375 e. The van der Waals surface area contributed by atoms with Gasteiger partial charge in [0.15, 0.2) is 5.13 Å². The van der Waals surface area contributed by atoms with Crippen molar-refractivity contribution in [2.75, 3.05) is 5.73 Å². The summed E-state index contributed by atoms with van der Waals surface area (Å²) in [5.41, 5.74) is 7.55. The molecule has 1 aromatic carbocycles. The number of thiazole rings is 1. The summed E-state index contributed by atoms with van der Waals surface area (Å²) in [6, 6.07) is 1.76. The Morgan fingerprint density at radius 3 is 2.67 bits per heavy atom. The zero-order chi connectivity index (χ0) is 11.2. The molecule has 0 spiro atoms. The lowest BCUT2D eigenvalue weighted by atomic mass is 10.0. The second kappa shape index (κ2) is 3.81. The smallest absolute Gasteiger partial charge is 0.181 e. The summed E-state index contributed by atoms with van der Waals surface area (Å²) >= 11 is 13.7. The molecule has 2 N–H and O–H groups in total. The summed E-state index contributed by atoms with van der Waals surface area (Å²) in [4.78, 5) is 4.21. The maximum absolute atomic E-state index is 6.18. The summed E-state index contributed by atoms with van der Waals surface area (Å²) in [6.45, 7) is 4.15. The lowest BCUT2D eigenvalue weighted by Gasteiger charge is -2.10. The molecule has 0 saturated heterocycles. The molecule has 2 nitrogen and oxygen atoms in total. The number of nitrogens with zero attached hydrogens (tertiary/aromatic N) is 1. The molecule has 0 atom stereocenters. The number of hydrogen-bond donors (Lipinski definition) is 1. The van der Waals surface area contributed by atoms with Crippen LogP contribution >= 0.6 is 34.5 Å². The maximum Gasteiger partial charge on any atom is 0.181 e. The van der Waals surface area contributed by atoms with Gasteiger partial charge in [0.05, 0.1) is 20.3 Å². The Bertz CT molecular complexity index is 520. The van der Waals surface area contributed by atoms with E-state index < -0.39 is 0 Å². The van der Waals surface area contributed by atoms with Crippen LogP contribution in [0.1, 0.15) is 25.3 Å². The highest BCUT2D eigenvalue weighted by atomic mass is 35.5. The standard InChI is InChI=1S/C10H10Cl2N2S/c1-4(2)7-8(12)5(11)3-6-9(7)15-10(13)14-6/h3-4H,1-2H3,(H2,13,14). The molecule has 0 aliphatic rings. The van der Waals surface area contributed by atoms with Crippen molar-refractivity contribution in [2.24, 2.45) is 0 Å². The number of aromatic nitrogens is 1. The molecule has 0 amide bonds. The van der Waals surface area contributed by atoms with Crippen molar-refractivity contribution in [3.63, 3.8) is 0 Å². The highest BCUT2D eigenvalue weighted by Crippen LogP contribution is 2.40. The Balaban J connectivity index is 2.88. The third-order valence-electron chi connectivity index (χ3n) is 2.20. The molecular weight excluding hydrogens is 251 g/mol. The number of benzene rings is 1. The van der Waals surface area contributed by atoms with Crippen LogP contribution in [0.2, 0.25) is 10.0 Å². The molecule has 2 aromatic rings. The molecule has 5 heteroatoms. The lowest BCUT2D eigenvalue weighted by Crippen LogP contribution is -1.90. The average molecular weight is 261 g/mol. The third kappa shape index (κ3) is 1.80. The van der Waals surface area contributed by atoms with Crippen molar-refractivity contribution in [3.05, 3.63) is 21.7 Å². The van der Waals surface area contributed by atoms with Gasteiger partial charge in [-0.3, -0.25) is 0 Å². The molecule has 0 unspecified atom stereocenters. The monoisotopic (exact) mass is 260 g/mol. The molecule has 0 aliphatic carbocycles. The minimum absolute atomic E-state index is 0.304. The van der Waals surface area contributed by atoms with Gasteiger partial charge in [0.2, 0.25) is 0 Å². The molecule has 0 fully saturated rings. The number of anilines is 1. The van der Waals surface area contributed by atoms with E-state index in [1.54, 1.807) is 6.07 Å². The van der Waals surface area contributed by atoms with Crippen LogP contribution in [0.4, 0.5) is 5.13 Å². The molecular formula is C10H10Cl2N2S. The van der Waals surface area contributed by atoms with E-state index in [2.05, 4.69) is 18.8 Å². The Hall–Kier alpha value is -0.510. The van der Waals surface area contributed by atoms with E-state index in [1.165, 1.54) is 11.3 Å². The summed E-state index contributed by atoms with van der Waals surface area (Å²) in [5.74, 6) is 0.304. The SMILES string of the molecule is CC(C)c1c(Cl)c(Cl)cc2nc(N)sc12. The van der Waals surface area contributed by atoms with Crippen LogP contribution in [0.3, 0.4) is 0 Å². The molecule has 1 heterocycles. The second-order valence-electron chi connectivity index (χ2n) is 3.64. The van der Waals surface area contributed by atoms with Gasteiger partial charge in [-0.05, 0) is 17.5 Å². The highest BCUT2D eigenvalue weighted by Gasteiger charge is 2.16. The zero-order valence-corrected chi connectivity index (χ0v) is 10.7. The van der Waals surface area contributed by atoms with Crippen molar-refractivity contribution in [1.29, 1.82) is 0 Å². The Morgan fingerprint density at radius 2 is 2.07 bits per heavy atom. The summed E-state index contributed by atoms with van der Waals surface area (Å²) in [6.07, 6.45) is 0. The second-order valence-corrected chi connectivity index (χ2v) is 5.46. The van der Waals surface area contributed by atoms with E-state index >= 15 is 0 Å². The lowest BCUT2D eigenvalue weighted by molar-refractivity contribution is 0.878. The summed E-state index contributed by atoms with van der Waals surface area (Å²) < 4.78 is 1.04. The molecule has 2 rings (SSSR count). The van der Waals surface area contributed by atoms with E-state index in [9.17, 15) is 0 Å². The van der Waals surface area contributed by atoms with Crippen molar-refractivity contribution in [1.82, 2.24) is 4.98 Å². The Kier molecular flexibility index (Phi) is 2.79. The molecule has 15 heavy (non-hydrogen) atoms. The predicted molar refractivity (Wildman–Crippen MR) is 68.1 cm³/mol. The van der Waals surface area contributed by atoms with Gasteiger partial charge in [-0.15, -0.1) is 0 Å². The summed E-state index contributed by atoms with van der Waals surface area (Å²) in [5, 5.41) is 1.70. The number of halogens is 2. The minimum Gasteiger partial charge on any atom is -0.375 e. The van der Waals surface area contributed by atoms with E-state index in [0.29, 0.717) is 21.1 Å². The van der Waals surface area contributed by atoms with Crippen LogP contribution in [0.15, 0.2) is 6.07 Å². The van der Waals surface area contributed by atoms with Gasteiger partial charge in [0, 0.05) is 0 Å². The predicted octanol–water partition coefficient (Wildman–Crippen LogP) is 4.31. The molecule has 80 valence electrons. The molecule has 0 aliphatic heterocycles. The van der Waals surface area contributed by atoms with E-state index in [1.807, 2.05) is 0 Å². The average Bonchev–Trinajstić information content (AvgIpc) is 2.46. The zero-order valence-electron chi connectivity index (χ0n) is 8.34. The van der Waals surface area contributed by atoms with Gasteiger partial charge >= 0.3 is 0 Å². The van der Waals surface area contributed by atoms with E-state index in [-0.39, 0.29) is 0 Å². The molecule has 0 saturated carbocycles. The summed E-state index contributed by atoms with van der Waals surface area (Å²) in [7, 11) is 0. The number of hydrogen-bond acceptors (Lipinski definition) is 3. The van der Waals surface area contributed by atoms with Crippen molar-refractivity contribution in [2.45, 2.75) is 19.8 Å². The number of fused-ring (bicyclic) bond motifs is 1. The van der Waals surface area contributed by atoms with Gasteiger partial charge in [0.1, 0.15) is 0 Å². The van der Waals surface area contributed by atoms with Crippen LogP contribution < -0.4 is 5.73 Å². The van der Waals surface area contributed by atoms with Crippen molar-refractivity contribution >= 4 is 49.9 Å². The van der Waals surface area contributed by atoms with Crippen LogP contribution in [-0.4, -0.2) is 4.98 Å². The fourth-order valence-electron chi connectivity index (χ4n) is 1.57. The first-order valence-electron chi connectivity index (χ1n) is 4.54. The first-order valence-corrected chi connectivity index (χ1v) is 6.12. The van der Waals surface area contributed by atoms with Crippen molar-refractivity contribution in [3.8, 4) is 0 Å². The van der Waals surface area contributed by atoms with Gasteiger partial charge in [-0.2, -0.15) is 0 Å². The van der Waals surface area contributed by atoms with Gasteiger partial charge < -0.3 is 5.73 Å². The fraction of sp³-hybridized carbons (Fsp3) is 0.300. The minimum atomic E-state index is 0.304. The Morgan fingerprint density at radius 1 is 1.40 bits per heavy atom. The number of nitrogens with two attached hydrogens (primary N) is 1. The normalized spacial score (nSPS) is 11.5. The first-order chi connectivity index (χ1) is 7.00. The van der Waals surface area contributed by atoms with Crippen molar-refractivity contribution < 1.29 is 0 Å². The molecule has 0 radical (unpaired) electrons. The highest BCUT2D eigenvalue weighted by molar-refractivity contribution is 7.22. The van der Waals surface area contributed by atoms with Crippen LogP contribution in [0.25, 0.3) is 10.2 Å². The first kappa shape index (κ1) is 11.0. The number of rotatable bonds is 1. The quantitative estimate of drug-likeness (QED) is 0.830. The maximum atomic E-state index is 6.18. The molecule has 1 aromatic heterocycles. The fourth-order valence-corrected chi connectivity index (χ4v) is 3.21. The Labute approximate surface area is 102 Å². The van der Waals surface area contributed by atoms with E-state index in [4.69, 9.17) is 28.9 Å². The molecule has 0 bridgehead atoms. The van der Waals surface area contributed by atoms with Gasteiger partial charge in [-0.1, -0.05) is 48.4 Å². The topological polar surface area (TPSA) is 38.9 Å². The van der Waals surface area contributed by atoms with Gasteiger partial charge in [-0.25, -0.2) is 4.98 Å². The van der Waals surface area contributed by atoms with Crippen LogP contribution in [0.5, 0.6) is 0 Å². The number of nitrogen functional groups attached to an aromatic ring is 1. The van der Waals surface area contributed by atoms with Crippen LogP contribution in [-0.2, 0) is 0 Å². The van der Waals surface area contributed by atoms with Crippen LogP contribution in [0, 0.1) is 0 Å². The van der Waals surface area contributed by atoms with E-state index in [0.717, 1.165) is 15.8 Å². The van der Waals surface area contributed by atoms with Gasteiger partial charge in [0.25, 0.3) is 0 Å². The third-order valence-corrected chi connectivity index (χ3v) is 3.94.